The Bertz CT molecular complexity index is 1600. The minimum Gasteiger partial charge on any atom is -0.534 e. The van der Waals surface area contributed by atoms with Gasteiger partial charge in [-0.1, -0.05) is 43.0 Å². The van der Waals surface area contributed by atoms with E-state index in [9.17, 15) is 4.79 Å². The Morgan fingerprint density at radius 3 is 2.56 bits per heavy atom. The third kappa shape index (κ3) is 4.89. The fourth-order valence-corrected chi connectivity index (χ4v) is 5.31. The van der Waals surface area contributed by atoms with Gasteiger partial charge in [-0.3, -0.25) is 4.90 Å². The molecule has 1 aromatic heterocycles. The summed E-state index contributed by atoms with van der Waals surface area (Å²) in [5.74, 6) is 1.45. The van der Waals surface area contributed by atoms with Crippen molar-refractivity contribution in [3.05, 3.63) is 72.8 Å². The van der Waals surface area contributed by atoms with Crippen LogP contribution in [-0.2, 0) is 14.0 Å². The highest BCUT2D eigenvalue weighted by Gasteiger charge is 2.42. The van der Waals surface area contributed by atoms with Gasteiger partial charge in [0.2, 0.25) is 0 Å². The summed E-state index contributed by atoms with van der Waals surface area (Å²) in [6.07, 6.45) is 1.50. The number of ether oxygens (including phenoxy) is 1. The Balaban J connectivity index is 1.25. The quantitative estimate of drug-likeness (QED) is 0.311. The molecule has 0 bridgehead atoms. The number of nitrogens with zero attached hydrogens (tertiary/aromatic N) is 2. The van der Waals surface area contributed by atoms with E-state index in [1.54, 1.807) is 4.90 Å². The van der Waals surface area contributed by atoms with Crippen LogP contribution in [0.2, 0.25) is 0 Å². The number of fused-ring (bicyclic) bond motifs is 2. The van der Waals surface area contributed by atoms with Crippen LogP contribution in [0.1, 0.15) is 59.3 Å². The summed E-state index contributed by atoms with van der Waals surface area (Å²) < 4.78 is 17.6. The van der Waals surface area contributed by atoms with Gasteiger partial charge in [-0.15, -0.1) is 0 Å². The maximum Gasteiger partial charge on any atom is 0.563 e. The number of benzene rings is 3. The van der Waals surface area contributed by atoms with Crippen molar-refractivity contribution in [2.45, 2.75) is 64.7 Å². The molecule has 1 N–H and O–H groups in total. The zero-order valence-corrected chi connectivity index (χ0v) is 23.2. The van der Waals surface area contributed by atoms with Gasteiger partial charge in [0.15, 0.2) is 0 Å². The Kier molecular flexibility index (Phi) is 5.99. The molecule has 0 radical (unpaired) electrons. The molecule has 0 saturated carbocycles. The number of aromatic nitrogens is 2. The summed E-state index contributed by atoms with van der Waals surface area (Å²) in [5, 5.41) is 2.25. The molecule has 2 aliphatic rings. The highest BCUT2D eigenvalue weighted by Crippen LogP contribution is 2.34. The zero-order chi connectivity index (χ0) is 27.5. The molecule has 2 aliphatic heterocycles. The predicted octanol–water partition coefficient (Wildman–Crippen LogP) is 6.49. The number of amides is 1. The number of aromatic amines is 1. The summed E-state index contributed by atoms with van der Waals surface area (Å²) in [7, 11) is -0.445. The monoisotopic (exact) mass is 523 g/mol. The normalized spacial score (nSPS) is 19.2. The maximum atomic E-state index is 12.8. The minimum atomic E-state index is -0.529. The molecular weight excluding hydrogens is 489 g/mol. The van der Waals surface area contributed by atoms with Gasteiger partial charge in [0, 0.05) is 6.54 Å². The first-order valence-electron chi connectivity index (χ1n) is 13.5. The van der Waals surface area contributed by atoms with Crippen molar-refractivity contribution in [3.8, 4) is 11.1 Å². The lowest BCUT2D eigenvalue weighted by Gasteiger charge is -2.27. The lowest BCUT2D eigenvalue weighted by molar-refractivity contribution is 0.0219. The van der Waals surface area contributed by atoms with Crippen LogP contribution in [0.15, 0.2) is 66.9 Å². The Morgan fingerprint density at radius 2 is 1.82 bits per heavy atom. The summed E-state index contributed by atoms with van der Waals surface area (Å²) in [6.45, 7) is 14.3. The van der Waals surface area contributed by atoms with Gasteiger partial charge < -0.3 is 19.0 Å². The van der Waals surface area contributed by atoms with Crippen molar-refractivity contribution in [1.82, 2.24) is 14.9 Å². The van der Waals surface area contributed by atoms with E-state index in [0.29, 0.717) is 12.3 Å². The van der Waals surface area contributed by atoms with E-state index >= 15 is 0 Å². The molecule has 2 fully saturated rings. The van der Waals surface area contributed by atoms with Gasteiger partial charge in [0.25, 0.3) is 0 Å². The molecular formula is C31H34BN3O4. The van der Waals surface area contributed by atoms with Crippen molar-refractivity contribution >= 4 is 40.5 Å². The third-order valence-corrected chi connectivity index (χ3v) is 7.49. The molecule has 2 saturated heterocycles. The first-order chi connectivity index (χ1) is 18.5. The van der Waals surface area contributed by atoms with Crippen LogP contribution in [0.3, 0.4) is 0 Å². The number of hydrogen-bond acceptors (Lipinski definition) is 5. The highest BCUT2D eigenvalue weighted by molar-refractivity contribution is 6.62. The molecule has 3 aromatic carbocycles. The fraction of sp³-hybridized carbons (Fsp3) is 0.355. The number of hydrogen-bond donors (Lipinski definition) is 1. The lowest BCUT2D eigenvalue weighted by Crippen LogP contribution is -2.36. The van der Waals surface area contributed by atoms with Gasteiger partial charge in [-0.05, 0) is 93.0 Å². The van der Waals surface area contributed by atoms with E-state index in [-0.39, 0.29) is 12.1 Å². The second-order valence-electron chi connectivity index (χ2n) is 12.0. The van der Waals surface area contributed by atoms with Crippen LogP contribution in [0.4, 0.5) is 4.79 Å². The van der Waals surface area contributed by atoms with Gasteiger partial charge in [-0.2, -0.15) is 0 Å². The molecule has 200 valence electrons. The summed E-state index contributed by atoms with van der Waals surface area (Å²) in [4.78, 5) is 22.9. The molecule has 8 heteroatoms. The van der Waals surface area contributed by atoms with Crippen LogP contribution < -0.4 is 5.46 Å². The van der Waals surface area contributed by atoms with Crippen LogP contribution in [-0.4, -0.2) is 45.8 Å². The molecule has 3 heterocycles. The molecule has 1 unspecified atom stereocenters. The van der Waals surface area contributed by atoms with Crippen LogP contribution >= 0.6 is 0 Å². The molecule has 0 spiro atoms. The molecule has 0 aliphatic carbocycles. The van der Waals surface area contributed by atoms with Crippen LogP contribution in [0, 0.1) is 0 Å². The van der Waals surface area contributed by atoms with Gasteiger partial charge in [-0.25, -0.2) is 9.78 Å². The van der Waals surface area contributed by atoms with E-state index in [0.717, 1.165) is 57.1 Å². The van der Waals surface area contributed by atoms with Gasteiger partial charge in [0.05, 0.1) is 22.8 Å². The van der Waals surface area contributed by atoms with E-state index in [2.05, 4.69) is 54.0 Å². The predicted molar refractivity (Wildman–Crippen MR) is 155 cm³/mol. The average Bonchev–Trinajstić information content (AvgIpc) is 3.59. The number of imidazole rings is 1. The van der Waals surface area contributed by atoms with Crippen molar-refractivity contribution in [2.24, 2.45) is 0 Å². The molecule has 1 amide bonds. The van der Waals surface area contributed by atoms with E-state index in [4.69, 9.17) is 19.0 Å². The number of carbonyl (C=O) groups is 1. The molecule has 39 heavy (non-hydrogen) atoms. The maximum absolute atomic E-state index is 12.8. The standard InChI is InChI=1S/C31H34BN3O4/c1-19-31(5,6)39-32(38-19)24-13-11-21-16-20(9-10-22(21)17-24)23-12-14-25-26(18-23)34-28(33-25)27-8-7-15-35(27)29(36)37-30(2,3)4/h9-14,16-18,27H,1,7-8,15H2,2-6H3,(H,33,34). The zero-order valence-electron chi connectivity index (χ0n) is 23.2. The Labute approximate surface area is 229 Å². The second-order valence-corrected chi connectivity index (χ2v) is 12.0. The minimum absolute atomic E-state index is 0.110. The SMILES string of the molecule is C=C1OB(c2ccc3cc(-c4ccc5nc(C6CCCN6C(=O)OC(C)(C)C)[nH]c5c4)ccc3c2)OC1(C)C. The summed E-state index contributed by atoms with van der Waals surface area (Å²) in [5.41, 5.74) is 4.00. The Morgan fingerprint density at radius 1 is 1.10 bits per heavy atom. The van der Waals surface area contributed by atoms with Crippen LogP contribution in [0.5, 0.6) is 0 Å². The Hall–Kier alpha value is -3.78. The second kappa shape index (κ2) is 9.16. The molecule has 6 rings (SSSR count). The number of H-pyrrole nitrogens is 1. The summed E-state index contributed by atoms with van der Waals surface area (Å²) >= 11 is 0. The van der Waals surface area contributed by atoms with Gasteiger partial charge >= 0.3 is 13.2 Å². The molecule has 4 aromatic rings. The first-order valence-corrected chi connectivity index (χ1v) is 13.5. The van der Waals surface area contributed by atoms with E-state index in [1.165, 1.54) is 0 Å². The lowest BCUT2D eigenvalue weighted by atomic mass is 9.78. The number of nitrogens with one attached hydrogen (secondary N) is 1. The van der Waals surface area contributed by atoms with Crippen molar-refractivity contribution in [2.75, 3.05) is 6.54 Å². The fourth-order valence-electron chi connectivity index (χ4n) is 5.31. The largest absolute Gasteiger partial charge is 0.563 e. The highest BCUT2D eigenvalue weighted by atomic mass is 16.7. The van der Waals surface area contributed by atoms with Gasteiger partial charge in [0.1, 0.15) is 17.0 Å². The van der Waals surface area contributed by atoms with Crippen molar-refractivity contribution in [1.29, 1.82) is 0 Å². The number of carbonyl (C=O) groups excluding carboxylic acids is 1. The smallest absolute Gasteiger partial charge is 0.534 e. The topological polar surface area (TPSA) is 76.7 Å². The van der Waals surface area contributed by atoms with Crippen molar-refractivity contribution in [3.63, 3.8) is 0 Å². The molecule has 7 nitrogen and oxygen atoms in total. The average molecular weight is 523 g/mol. The first kappa shape index (κ1) is 25.5. The summed E-state index contributed by atoms with van der Waals surface area (Å²) in [6, 6.07) is 18.9. The molecule has 1 atom stereocenters. The number of rotatable bonds is 3. The van der Waals surface area contributed by atoms with E-state index < -0.39 is 18.3 Å². The van der Waals surface area contributed by atoms with Crippen molar-refractivity contribution < 1.29 is 18.8 Å². The number of likely N-dealkylation sites (tertiary alicyclic amines) is 1. The third-order valence-electron chi connectivity index (χ3n) is 7.49. The van der Waals surface area contributed by atoms with Crippen LogP contribution in [0.25, 0.3) is 32.9 Å². The van der Waals surface area contributed by atoms with E-state index in [1.807, 2.05) is 46.8 Å².